The maximum atomic E-state index is 13.5. The molecule has 1 N–H and O–H groups in total. The molecule has 0 saturated carbocycles. The summed E-state index contributed by atoms with van der Waals surface area (Å²) >= 11 is 0. The third-order valence-electron chi connectivity index (χ3n) is 5.99. The summed E-state index contributed by atoms with van der Waals surface area (Å²) in [6, 6.07) is 16.6. The molecule has 3 aromatic rings. The van der Waals surface area contributed by atoms with E-state index in [1.54, 1.807) is 37.8 Å². The summed E-state index contributed by atoms with van der Waals surface area (Å²) in [5.41, 5.74) is 2.52. The first kappa shape index (κ1) is 23.0. The second-order valence-electron chi connectivity index (χ2n) is 8.15. The van der Waals surface area contributed by atoms with Crippen LogP contribution < -0.4 is 10.1 Å². The quantitative estimate of drug-likeness (QED) is 0.597. The van der Waals surface area contributed by atoms with Gasteiger partial charge in [0.1, 0.15) is 10.6 Å². The first-order valence-corrected chi connectivity index (χ1v) is 12.3. The number of rotatable bonds is 6. The van der Waals surface area contributed by atoms with E-state index >= 15 is 0 Å². The Morgan fingerprint density at radius 2 is 1.76 bits per heavy atom. The van der Waals surface area contributed by atoms with Gasteiger partial charge in [0.05, 0.1) is 24.2 Å². The molecule has 2 heterocycles. The Kier molecular flexibility index (Phi) is 6.53. The number of carbonyl (C=O) groups excluding carboxylic acids is 1. The molecule has 1 amide bonds. The Morgan fingerprint density at radius 3 is 2.42 bits per heavy atom. The molecule has 2 aromatic carbocycles. The Bertz CT molecular complexity index is 1250. The van der Waals surface area contributed by atoms with Gasteiger partial charge in [-0.15, -0.1) is 0 Å². The molecule has 33 heavy (non-hydrogen) atoms. The normalized spacial score (nSPS) is 15.4. The van der Waals surface area contributed by atoms with E-state index in [0.717, 1.165) is 5.69 Å². The van der Waals surface area contributed by atoms with E-state index in [9.17, 15) is 13.2 Å². The van der Waals surface area contributed by atoms with Crippen LogP contribution in [-0.2, 0) is 14.8 Å². The standard InChI is InChI=1S/C24H28N4O4S/c1-17-23(18(2)28(26-17)21-9-5-4-6-10-21)33(30,31)27-14-12-19(13-15-27)24(29)25-20-8-7-11-22(16-20)32-3/h4-11,16,19H,12-15H2,1-3H3,(H,25,29). The average molecular weight is 469 g/mol. The molecule has 4 rings (SSSR count). The van der Waals surface area contributed by atoms with E-state index < -0.39 is 10.0 Å². The zero-order valence-electron chi connectivity index (χ0n) is 19.0. The number of benzene rings is 2. The van der Waals surface area contributed by atoms with Gasteiger partial charge < -0.3 is 10.1 Å². The minimum atomic E-state index is -3.73. The van der Waals surface area contributed by atoms with Crippen LogP contribution in [0.25, 0.3) is 5.69 Å². The van der Waals surface area contributed by atoms with Crippen molar-refractivity contribution in [1.82, 2.24) is 14.1 Å². The van der Waals surface area contributed by atoms with Gasteiger partial charge >= 0.3 is 0 Å². The van der Waals surface area contributed by atoms with Crippen molar-refractivity contribution in [2.45, 2.75) is 31.6 Å². The van der Waals surface area contributed by atoms with Gasteiger partial charge in [-0.25, -0.2) is 13.1 Å². The van der Waals surface area contributed by atoms with Crippen molar-refractivity contribution in [3.05, 3.63) is 66.0 Å². The van der Waals surface area contributed by atoms with Gasteiger partial charge in [0, 0.05) is 30.8 Å². The number of sulfonamides is 1. The Balaban J connectivity index is 1.46. The fraction of sp³-hybridized carbons (Fsp3) is 0.333. The number of methoxy groups -OCH3 is 1. The van der Waals surface area contributed by atoms with E-state index in [1.807, 2.05) is 42.5 Å². The maximum Gasteiger partial charge on any atom is 0.246 e. The van der Waals surface area contributed by atoms with Crippen molar-refractivity contribution in [2.24, 2.45) is 5.92 Å². The lowest BCUT2D eigenvalue weighted by molar-refractivity contribution is -0.120. The van der Waals surface area contributed by atoms with Crippen molar-refractivity contribution in [2.75, 3.05) is 25.5 Å². The minimum Gasteiger partial charge on any atom is -0.497 e. The number of nitrogens with one attached hydrogen (secondary N) is 1. The van der Waals surface area contributed by atoms with E-state index in [1.165, 1.54) is 4.31 Å². The zero-order chi connectivity index (χ0) is 23.6. The molecule has 1 aromatic heterocycles. The van der Waals surface area contributed by atoms with E-state index in [-0.39, 0.29) is 29.8 Å². The van der Waals surface area contributed by atoms with Gasteiger partial charge in [-0.3, -0.25) is 4.79 Å². The smallest absolute Gasteiger partial charge is 0.246 e. The van der Waals surface area contributed by atoms with Crippen LogP contribution in [-0.4, -0.2) is 48.6 Å². The summed E-state index contributed by atoms with van der Waals surface area (Å²) in [6.07, 6.45) is 0.917. The highest BCUT2D eigenvalue weighted by molar-refractivity contribution is 7.89. The number of aromatic nitrogens is 2. The Morgan fingerprint density at radius 1 is 1.06 bits per heavy atom. The molecule has 0 spiro atoms. The van der Waals surface area contributed by atoms with Crippen LogP contribution >= 0.6 is 0 Å². The van der Waals surface area contributed by atoms with Gasteiger partial charge in [-0.2, -0.15) is 9.40 Å². The molecule has 0 radical (unpaired) electrons. The summed E-state index contributed by atoms with van der Waals surface area (Å²) in [5.74, 6) is 0.303. The molecule has 8 nitrogen and oxygen atoms in total. The summed E-state index contributed by atoms with van der Waals surface area (Å²) in [4.78, 5) is 13.0. The molecule has 9 heteroatoms. The van der Waals surface area contributed by atoms with Crippen molar-refractivity contribution in [3.63, 3.8) is 0 Å². The van der Waals surface area contributed by atoms with E-state index in [0.29, 0.717) is 35.7 Å². The molecule has 1 fully saturated rings. The average Bonchev–Trinajstić information content (AvgIpc) is 3.14. The molecule has 1 saturated heterocycles. The highest BCUT2D eigenvalue weighted by atomic mass is 32.2. The Hall–Kier alpha value is -3.17. The number of aryl methyl sites for hydroxylation is 1. The van der Waals surface area contributed by atoms with Crippen molar-refractivity contribution in [1.29, 1.82) is 0 Å². The lowest BCUT2D eigenvalue weighted by Crippen LogP contribution is -2.41. The number of hydrogen-bond donors (Lipinski definition) is 1. The number of piperidine rings is 1. The van der Waals surface area contributed by atoms with Gasteiger partial charge in [-0.1, -0.05) is 24.3 Å². The monoisotopic (exact) mass is 468 g/mol. The topological polar surface area (TPSA) is 93.5 Å². The van der Waals surface area contributed by atoms with E-state index in [2.05, 4.69) is 10.4 Å². The lowest BCUT2D eigenvalue weighted by atomic mass is 9.97. The van der Waals surface area contributed by atoms with Crippen LogP contribution in [0.3, 0.4) is 0 Å². The SMILES string of the molecule is COc1cccc(NC(=O)C2CCN(S(=O)(=O)c3c(C)nn(-c4ccccc4)c3C)CC2)c1. The van der Waals surface area contributed by atoms with Gasteiger partial charge in [0.2, 0.25) is 15.9 Å². The van der Waals surface area contributed by atoms with E-state index in [4.69, 9.17) is 4.74 Å². The highest BCUT2D eigenvalue weighted by Crippen LogP contribution is 2.29. The predicted molar refractivity (Wildman–Crippen MR) is 126 cm³/mol. The second kappa shape index (κ2) is 9.36. The summed E-state index contributed by atoms with van der Waals surface area (Å²) in [7, 11) is -2.15. The molecule has 0 aliphatic carbocycles. The van der Waals surface area contributed by atoms with Crippen LogP contribution in [0.1, 0.15) is 24.2 Å². The number of amides is 1. The Labute approximate surface area is 194 Å². The van der Waals surface area contributed by atoms with Crippen molar-refractivity contribution >= 4 is 21.6 Å². The number of carbonyl (C=O) groups is 1. The first-order chi connectivity index (χ1) is 15.8. The third-order valence-corrected chi connectivity index (χ3v) is 8.14. The summed E-state index contributed by atoms with van der Waals surface area (Å²) in [5, 5.41) is 7.39. The van der Waals surface area contributed by atoms with Crippen LogP contribution in [0.15, 0.2) is 59.5 Å². The largest absolute Gasteiger partial charge is 0.497 e. The van der Waals surface area contributed by atoms with Crippen molar-refractivity contribution < 1.29 is 17.9 Å². The van der Waals surface area contributed by atoms with Gasteiger partial charge in [-0.05, 0) is 51.0 Å². The van der Waals surface area contributed by atoms with Gasteiger partial charge in [0.25, 0.3) is 0 Å². The molecule has 0 bridgehead atoms. The summed E-state index contributed by atoms with van der Waals surface area (Å²) in [6.45, 7) is 4.06. The highest BCUT2D eigenvalue weighted by Gasteiger charge is 2.35. The number of para-hydroxylation sites is 1. The number of anilines is 1. The zero-order valence-corrected chi connectivity index (χ0v) is 19.8. The summed E-state index contributed by atoms with van der Waals surface area (Å²) < 4.78 is 35.3. The van der Waals surface area contributed by atoms with Crippen LogP contribution in [0.4, 0.5) is 5.69 Å². The molecular weight excluding hydrogens is 440 g/mol. The van der Waals surface area contributed by atoms with Gasteiger partial charge in [0.15, 0.2) is 0 Å². The molecule has 0 atom stereocenters. The maximum absolute atomic E-state index is 13.5. The third kappa shape index (κ3) is 4.65. The first-order valence-electron chi connectivity index (χ1n) is 10.9. The van der Waals surface area contributed by atoms with Crippen LogP contribution in [0.2, 0.25) is 0 Å². The van der Waals surface area contributed by atoms with Crippen molar-refractivity contribution in [3.8, 4) is 11.4 Å². The predicted octanol–water partition coefficient (Wildman–Crippen LogP) is 3.54. The fourth-order valence-electron chi connectivity index (χ4n) is 4.25. The fourth-order valence-corrected chi connectivity index (χ4v) is 6.08. The second-order valence-corrected chi connectivity index (χ2v) is 10.0. The van der Waals surface area contributed by atoms with Crippen LogP contribution in [0, 0.1) is 19.8 Å². The number of nitrogens with zero attached hydrogens (tertiary/aromatic N) is 3. The molecule has 174 valence electrons. The molecule has 1 aliphatic rings. The van der Waals surface area contributed by atoms with Crippen LogP contribution in [0.5, 0.6) is 5.75 Å². The molecule has 0 unspecified atom stereocenters. The molecular formula is C24H28N4O4S. The molecule has 1 aliphatic heterocycles. The number of hydrogen-bond acceptors (Lipinski definition) is 5. The number of ether oxygens (including phenoxy) is 1. The lowest BCUT2D eigenvalue weighted by Gasteiger charge is -2.30. The minimum absolute atomic E-state index is 0.107.